The standard InChI is InChI=1S/C25H31Cl2O4P/c26-22-15-23(27)24(17-8-10-19(11-9-17)25(28)18-3-1-2-4-18)21(22)14-7-16-5-12-20(13-6-16)31-32(29)30/h5-6,8-13,18,21-25,28-30H,1-4,7,14-15H2. The molecule has 2 fully saturated rings. The predicted molar refractivity (Wildman–Crippen MR) is 130 cm³/mol. The SMILES string of the molecule is OC(c1ccc(C2C(Cl)CC(Cl)C2CCc2ccc(OP(O)O)cc2)cc1)C1CCCC1. The second-order valence-corrected chi connectivity index (χ2v) is 10.9. The molecule has 174 valence electrons. The van der Waals surface area contributed by atoms with Crippen LogP contribution in [0.1, 0.15) is 67.2 Å². The van der Waals surface area contributed by atoms with Crippen LogP contribution in [0.25, 0.3) is 0 Å². The fraction of sp³-hybridized carbons (Fsp3) is 0.520. The van der Waals surface area contributed by atoms with Crippen molar-refractivity contribution in [3.05, 3.63) is 65.2 Å². The van der Waals surface area contributed by atoms with Crippen LogP contribution in [0.15, 0.2) is 48.5 Å². The van der Waals surface area contributed by atoms with Crippen molar-refractivity contribution in [1.29, 1.82) is 0 Å². The lowest BCUT2D eigenvalue weighted by atomic mass is 9.84. The molecule has 2 aliphatic rings. The van der Waals surface area contributed by atoms with Crippen LogP contribution in [-0.4, -0.2) is 25.6 Å². The zero-order valence-corrected chi connectivity index (χ0v) is 20.4. The van der Waals surface area contributed by atoms with Gasteiger partial charge in [-0.2, -0.15) is 0 Å². The minimum absolute atomic E-state index is 0.00256. The Morgan fingerprint density at radius 1 is 0.938 bits per heavy atom. The number of hydrogen-bond donors (Lipinski definition) is 3. The van der Waals surface area contributed by atoms with Crippen LogP contribution in [0.4, 0.5) is 0 Å². The average Bonchev–Trinajstić information content (AvgIpc) is 3.40. The highest BCUT2D eigenvalue weighted by molar-refractivity contribution is 7.39. The van der Waals surface area contributed by atoms with Crippen LogP contribution in [0.5, 0.6) is 5.75 Å². The number of halogens is 2. The second kappa shape index (κ2) is 11.0. The number of rotatable bonds is 8. The number of hydrogen-bond acceptors (Lipinski definition) is 4. The first-order valence-electron chi connectivity index (χ1n) is 11.4. The van der Waals surface area contributed by atoms with E-state index in [-0.39, 0.29) is 28.7 Å². The molecule has 2 aromatic rings. The summed E-state index contributed by atoms with van der Waals surface area (Å²) in [5, 5.41) is 10.7. The van der Waals surface area contributed by atoms with Crippen molar-refractivity contribution in [2.24, 2.45) is 11.8 Å². The van der Waals surface area contributed by atoms with E-state index in [1.165, 1.54) is 18.4 Å². The summed E-state index contributed by atoms with van der Waals surface area (Å²) in [6.45, 7) is 0. The summed E-state index contributed by atoms with van der Waals surface area (Å²) >= 11 is 13.5. The maximum absolute atomic E-state index is 10.7. The maximum Gasteiger partial charge on any atom is 0.391 e. The molecule has 5 unspecified atom stereocenters. The molecule has 0 spiro atoms. The third kappa shape index (κ3) is 5.78. The fourth-order valence-corrected chi connectivity index (χ4v) is 6.85. The van der Waals surface area contributed by atoms with Gasteiger partial charge in [-0.3, -0.25) is 0 Å². The van der Waals surface area contributed by atoms with Crippen molar-refractivity contribution in [2.75, 3.05) is 0 Å². The van der Waals surface area contributed by atoms with Crippen molar-refractivity contribution in [3.63, 3.8) is 0 Å². The zero-order valence-electron chi connectivity index (χ0n) is 18.0. The van der Waals surface area contributed by atoms with Gasteiger partial charge in [0.15, 0.2) is 0 Å². The largest absolute Gasteiger partial charge is 0.427 e. The Kier molecular flexibility index (Phi) is 8.37. The van der Waals surface area contributed by atoms with Gasteiger partial charge in [-0.1, -0.05) is 49.2 Å². The van der Waals surface area contributed by atoms with Gasteiger partial charge in [0.2, 0.25) is 0 Å². The lowest BCUT2D eigenvalue weighted by Crippen LogP contribution is -2.18. The van der Waals surface area contributed by atoms with Crippen molar-refractivity contribution >= 4 is 31.8 Å². The highest BCUT2D eigenvalue weighted by Gasteiger charge is 2.42. The molecule has 4 rings (SSSR count). The molecule has 0 amide bonds. The summed E-state index contributed by atoms with van der Waals surface area (Å²) in [6, 6.07) is 15.8. The van der Waals surface area contributed by atoms with E-state index in [0.717, 1.165) is 43.2 Å². The minimum atomic E-state index is -2.40. The molecule has 2 aromatic carbocycles. The Bertz CT molecular complexity index is 855. The van der Waals surface area contributed by atoms with Crippen molar-refractivity contribution < 1.29 is 19.4 Å². The lowest BCUT2D eigenvalue weighted by molar-refractivity contribution is 0.111. The second-order valence-electron chi connectivity index (χ2n) is 9.14. The third-order valence-electron chi connectivity index (χ3n) is 7.15. The summed E-state index contributed by atoms with van der Waals surface area (Å²) in [5.41, 5.74) is 3.34. The van der Waals surface area contributed by atoms with E-state index in [1.807, 2.05) is 12.1 Å². The summed E-state index contributed by atoms with van der Waals surface area (Å²) in [5.74, 6) is 1.28. The zero-order chi connectivity index (χ0) is 22.7. The molecule has 5 atom stereocenters. The quantitative estimate of drug-likeness (QED) is 0.290. The van der Waals surface area contributed by atoms with Crippen molar-refractivity contribution in [1.82, 2.24) is 0 Å². The van der Waals surface area contributed by atoms with E-state index < -0.39 is 8.60 Å². The first kappa shape index (κ1) is 24.3. The molecule has 0 heterocycles. The highest BCUT2D eigenvalue weighted by Crippen LogP contribution is 2.48. The Hall–Kier alpha value is -0.870. The van der Waals surface area contributed by atoms with Gasteiger partial charge < -0.3 is 19.4 Å². The summed E-state index contributed by atoms with van der Waals surface area (Å²) in [7, 11) is -2.40. The van der Waals surface area contributed by atoms with Gasteiger partial charge in [0, 0.05) is 16.7 Å². The van der Waals surface area contributed by atoms with Gasteiger partial charge in [0.05, 0.1) is 6.10 Å². The lowest BCUT2D eigenvalue weighted by Gasteiger charge is -2.25. The van der Waals surface area contributed by atoms with E-state index >= 15 is 0 Å². The van der Waals surface area contributed by atoms with Crippen LogP contribution in [0.2, 0.25) is 0 Å². The van der Waals surface area contributed by atoms with Gasteiger partial charge in [-0.05, 0) is 72.8 Å². The topological polar surface area (TPSA) is 69.9 Å². The Labute approximate surface area is 201 Å². The molecule has 2 aliphatic carbocycles. The monoisotopic (exact) mass is 496 g/mol. The Morgan fingerprint density at radius 2 is 1.59 bits per heavy atom. The van der Waals surface area contributed by atoms with Gasteiger partial charge in [0.1, 0.15) is 5.75 Å². The molecule has 7 heteroatoms. The number of alkyl halides is 2. The fourth-order valence-electron chi connectivity index (χ4n) is 5.45. The molecule has 4 nitrogen and oxygen atoms in total. The van der Waals surface area contributed by atoms with Crippen LogP contribution >= 0.6 is 31.8 Å². The normalized spacial score (nSPS) is 27.2. The smallest absolute Gasteiger partial charge is 0.391 e. The molecule has 2 saturated carbocycles. The average molecular weight is 497 g/mol. The molecule has 0 aromatic heterocycles. The third-order valence-corrected chi connectivity index (χ3v) is 8.48. The highest BCUT2D eigenvalue weighted by atomic mass is 35.5. The maximum atomic E-state index is 10.7. The Morgan fingerprint density at radius 3 is 2.22 bits per heavy atom. The summed E-state index contributed by atoms with van der Waals surface area (Å²) in [4.78, 5) is 17.9. The molecule has 32 heavy (non-hydrogen) atoms. The molecule has 0 aliphatic heterocycles. The van der Waals surface area contributed by atoms with E-state index in [2.05, 4.69) is 24.3 Å². The number of aliphatic hydroxyl groups excluding tert-OH is 1. The molecule has 0 radical (unpaired) electrons. The van der Waals surface area contributed by atoms with Crippen LogP contribution in [0.3, 0.4) is 0 Å². The Balaban J connectivity index is 1.42. The number of aliphatic hydroxyl groups is 1. The van der Waals surface area contributed by atoms with E-state index in [9.17, 15) is 5.11 Å². The summed E-state index contributed by atoms with van der Waals surface area (Å²) < 4.78 is 4.93. The van der Waals surface area contributed by atoms with Crippen molar-refractivity contribution in [3.8, 4) is 5.75 Å². The van der Waals surface area contributed by atoms with E-state index in [4.69, 9.17) is 37.5 Å². The molecular formula is C25H31Cl2O4P. The van der Waals surface area contributed by atoms with Crippen LogP contribution in [-0.2, 0) is 6.42 Å². The van der Waals surface area contributed by atoms with Gasteiger partial charge in [-0.25, -0.2) is 0 Å². The van der Waals surface area contributed by atoms with E-state index in [0.29, 0.717) is 11.7 Å². The predicted octanol–water partition coefficient (Wildman–Crippen LogP) is 6.45. The molecular weight excluding hydrogens is 466 g/mol. The van der Waals surface area contributed by atoms with Gasteiger partial charge in [0.25, 0.3) is 0 Å². The molecule has 3 N–H and O–H groups in total. The van der Waals surface area contributed by atoms with E-state index in [1.54, 1.807) is 12.1 Å². The molecule has 0 bridgehead atoms. The van der Waals surface area contributed by atoms with Gasteiger partial charge >= 0.3 is 8.60 Å². The first-order valence-corrected chi connectivity index (χ1v) is 13.5. The van der Waals surface area contributed by atoms with Crippen molar-refractivity contribution in [2.45, 2.75) is 67.7 Å². The summed E-state index contributed by atoms with van der Waals surface area (Å²) in [6.07, 6.45) is 6.84. The number of aryl methyl sites for hydroxylation is 1. The van der Waals surface area contributed by atoms with Gasteiger partial charge in [-0.15, -0.1) is 23.2 Å². The first-order chi connectivity index (χ1) is 15.4. The minimum Gasteiger partial charge on any atom is -0.427 e. The van der Waals surface area contributed by atoms with Crippen LogP contribution < -0.4 is 4.52 Å². The van der Waals surface area contributed by atoms with Crippen LogP contribution in [0, 0.1) is 11.8 Å². The molecule has 0 saturated heterocycles. The number of benzene rings is 2.